The molecular weight excluding hydrogens is 406 g/mol. The number of hydrogen-bond donors (Lipinski definition) is 0. The quantitative estimate of drug-likeness (QED) is 0.441. The molecule has 0 aliphatic rings. The van der Waals surface area contributed by atoms with E-state index in [1.165, 1.54) is 7.05 Å². The average Bonchev–Trinajstić information content (AvgIpc) is 3.43. The van der Waals surface area contributed by atoms with Gasteiger partial charge in [0.05, 0.1) is 20.8 Å². The predicted molar refractivity (Wildman–Crippen MR) is 114 cm³/mol. The van der Waals surface area contributed by atoms with Crippen LogP contribution in [0.3, 0.4) is 0 Å². The lowest BCUT2D eigenvalue weighted by Crippen LogP contribution is -2.28. The lowest BCUT2D eigenvalue weighted by molar-refractivity contribution is 0.594. The third-order valence-electron chi connectivity index (χ3n) is 4.65. The summed E-state index contributed by atoms with van der Waals surface area (Å²) in [6, 6.07) is 19.7. The second-order valence-corrected chi connectivity index (χ2v) is 9.29. The number of aromatic nitrogens is 4. The molecule has 5 rings (SSSR count). The number of benzene rings is 2. The highest BCUT2D eigenvalue weighted by Gasteiger charge is 2.27. The summed E-state index contributed by atoms with van der Waals surface area (Å²) in [6.07, 6.45) is 0. The van der Waals surface area contributed by atoms with Crippen molar-refractivity contribution in [1.82, 2.24) is 19.6 Å². The second kappa shape index (κ2) is 6.64. The van der Waals surface area contributed by atoms with E-state index in [1.807, 2.05) is 46.2 Å². The van der Waals surface area contributed by atoms with E-state index in [0.29, 0.717) is 17.0 Å². The van der Waals surface area contributed by atoms with E-state index < -0.39 is 10.0 Å². The Hall–Kier alpha value is -3.30. The number of hydrogen-bond acceptors (Lipinski definition) is 6. The molecule has 0 bridgehead atoms. The van der Waals surface area contributed by atoms with Gasteiger partial charge in [-0.1, -0.05) is 36.4 Å². The summed E-state index contributed by atoms with van der Waals surface area (Å²) in [6.45, 7) is 0. The zero-order chi connectivity index (χ0) is 20.0. The first-order valence-electron chi connectivity index (χ1n) is 8.79. The lowest BCUT2D eigenvalue weighted by atomic mass is 10.3. The summed E-state index contributed by atoms with van der Waals surface area (Å²) in [7, 11) is -2.32. The molecular formula is C20H15N5O2S2. The molecule has 7 nitrogen and oxygen atoms in total. The minimum Gasteiger partial charge on any atom is -0.269 e. The highest BCUT2D eigenvalue weighted by Crippen LogP contribution is 2.31. The molecule has 0 radical (unpaired) electrons. The first-order chi connectivity index (χ1) is 14.1. The van der Waals surface area contributed by atoms with Gasteiger partial charge in [0.2, 0.25) is 5.65 Å². The fraction of sp³-hybridized carbons (Fsp3) is 0.0500. The van der Waals surface area contributed by atoms with Crippen molar-refractivity contribution in [2.75, 3.05) is 11.4 Å². The van der Waals surface area contributed by atoms with Crippen LogP contribution in [0.2, 0.25) is 0 Å². The van der Waals surface area contributed by atoms with Gasteiger partial charge in [-0.05, 0) is 35.7 Å². The summed E-state index contributed by atoms with van der Waals surface area (Å²) in [5.74, 6) is 0.878. The van der Waals surface area contributed by atoms with Gasteiger partial charge in [0.15, 0.2) is 11.6 Å². The van der Waals surface area contributed by atoms with E-state index in [9.17, 15) is 8.42 Å². The minimum atomic E-state index is -3.80. The van der Waals surface area contributed by atoms with Crippen LogP contribution >= 0.6 is 11.3 Å². The number of anilines is 1. The molecule has 144 valence electrons. The standard InChI is InChI=1S/C20H15N5O2S2/c1-24(29(26,27)14-8-3-2-4-9-14)19-20-23-22-18(17-12-7-13-28-17)25(20)16-11-6-5-10-15(16)21-19/h2-13H,1H3. The van der Waals surface area contributed by atoms with Gasteiger partial charge in [0.1, 0.15) is 0 Å². The van der Waals surface area contributed by atoms with Gasteiger partial charge in [0, 0.05) is 7.05 Å². The molecule has 0 saturated heterocycles. The van der Waals surface area contributed by atoms with Crippen LogP contribution in [0.1, 0.15) is 0 Å². The first kappa shape index (κ1) is 17.8. The van der Waals surface area contributed by atoms with Gasteiger partial charge in [0.25, 0.3) is 10.0 Å². The summed E-state index contributed by atoms with van der Waals surface area (Å²) in [4.78, 5) is 5.74. The fourth-order valence-corrected chi connectivity index (χ4v) is 5.08. The van der Waals surface area contributed by atoms with E-state index in [1.54, 1.807) is 41.7 Å². The van der Waals surface area contributed by atoms with Crippen molar-refractivity contribution in [3.8, 4) is 10.7 Å². The largest absolute Gasteiger partial charge is 0.269 e. The van der Waals surface area contributed by atoms with Gasteiger partial charge in [-0.3, -0.25) is 4.40 Å². The van der Waals surface area contributed by atoms with Gasteiger partial charge < -0.3 is 0 Å². The molecule has 29 heavy (non-hydrogen) atoms. The van der Waals surface area contributed by atoms with Crippen LogP contribution in [0, 0.1) is 0 Å². The van der Waals surface area contributed by atoms with Crippen LogP contribution in [0.25, 0.3) is 27.4 Å². The van der Waals surface area contributed by atoms with Crippen molar-refractivity contribution < 1.29 is 8.42 Å². The van der Waals surface area contributed by atoms with Gasteiger partial charge in [-0.25, -0.2) is 17.7 Å². The summed E-state index contributed by atoms with van der Waals surface area (Å²) in [5.41, 5.74) is 1.85. The molecule has 0 spiro atoms. The smallest absolute Gasteiger partial charge is 0.265 e. The first-order valence-corrected chi connectivity index (χ1v) is 11.1. The van der Waals surface area contributed by atoms with Crippen molar-refractivity contribution in [3.63, 3.8) is 0 Å². The van der Waals surface area contributed by atoms with E-state index in [4.69, 9.17) is 0 Å². The molecule has 0 aliphatic heterocycles. The normalized spacial score (nSPS) is 11.9. The third-order valence-corrected chi connectivity index (χ3v) is 7.28. The lowest BCUT2D eigenvalue weighted by Gasteiger charge is -2.19. The molecule has 9 heteroatoms. The van der Waals surface area contributed by atoms with E-state index in [2.05, 4.69) is 15.2 Å². The number of sulfonamides is 1. The van der Waals surface area contributed by atoms with Crippen molar-refractivity contribution in [2.24, 2.45) is 0 Å². The molecule has 0 atom stereocenters. The molecule has 0 amide bonds. The van der Waals surface area contributed by atoms with Crippen molar-refractivity contribution in [1.29, 1.82) is 0 Å². The number of rotatable bonds is 4. The number of thiophene rings is 1. The second-order valence-electron chi connectivity index (χ2n) is 6.37. The molecule has 3 heterocycles. The molecule has 3 aromatic heterocycles. The van der Waals surface area contributed by atoms with Crippen LogP contribution in [0.5, 0.6) is 0 Å². The Labute approximate surface area is 170 Å². The maximum absolute atomic E-state index is 13.2. The van der Waals surface area contributed by atoms with Gasteiger partial charge >= 0.3 is 0 Å². The number of nitrogens with zero attached hydrogens (tertiary/aromatic N) is 5. The SMILES string of the molecule is CN(c1nc2ccccc2n2c(-c3cccs3)nnc12)S(=O)(=O)c1ccccc1. The monoisotopic (exact) mass is 421 g/mol. The van der Waals surface area contributed by atoms with E-state index in [0.717, 1.165) is 14.7 Å². The zero-order valence-corrected chi connectivity index (χ0v) is 16.9. The Morgan fingerprint density at radius 2 is 1.69 bits per heavy atom. The van der Waals surface area contributed by atoms with Crippen molar-refractivity contribution in [2.45, 2.75) is 4.90 Å². The summed E-state index contributed by atoms with van der Waals surface area (Å²) in [5, 5.41) is 10.6. The molecule has 0 saturated carbocycles. The predicted octanol–water partition coefficient (Wildman–Crippen LogP) is 3.83. The Morgan fingerprint density at radius 3 is 2.45 bits per heavy atom. The molecule has 0 fully saturated rings. The van der Waals surface area contributed by atoms with Crippen molar-refractivity contribution in [3.05, 3.63) is 72.1 Å². The Bertz CT molecular complexity index is 1430. The van der Waals surface area contributed by atoms with E-state index in [-0.39, 0.29) is 10.7 Å². The molecule has 5 aromatic rings. The minimum absolute atomic E-state index is 0.189. The van der Waals surface area contributed by atoms with Gasteiger partial charge in [-0.2, -0.15) is 0 Å². The molecule has 2 aromatic carbocycles. The highest BCUT2D eigenvalue weighted by molar-refractivity contribution is 7.92. The Balaban J connectivity index is 1.80. The van der Waals surface area contributed by atoms with Gasteiger partial charge in [-0.15, -0.1) is 21.5 Å². The topological polar surface area (TPSA) is 80.5 Å². The fourth-order valence-electron chi connectivity index (χ4n) is 3.21. The van der Waals surface area contributed by atoms with Crippen LogP contribution in [-0.4, -0.2) is 35.0 Å². The van der Waals surface area contributed by atoms with E-state index >= 15 is 0 Å². The van der Waals surface area contributed by atoms with Crippen LogP contribution < -0.4 is 4.31 Å². The highest BCUT2D eigenvalue weighted by atomic mass is 32.2. The van der Waals surface area contributed by atoms with Crippen LogP contribution in [-0.2, 0) is 10.0 Å². The zero-order valence-electron chi connectivity index (χ0n) is 15.3. The maximum atomic E-state index is 13.2. The molecule has 0 N–H and O–H groups in total. The van der Waals surface area contributed by atoms with Crippen molar-refractivity contribution >= 4 is 43.9 Å². The number of fused-ring (bicyclic) bond motifs is 3. The average molecular weight is 422 g/mol. The molecule has 0 unspecified atom stereocenters. The summed E-state index contributed by atoms with van der Waals surface area (Å²) >= 11 is 1.55. The number of para-hydroxylation sites is 2. The maximum Gasteiger partial charge on any atom is 0.265 e. The Kier molecular flexibility index (Phi) is 4.07. The van der Waals surface area contributed by atoms with Crippen LogP contribution in [0.4, 0.5) is 5.82 Å². The van der Waals surface area contributed by atoms with Crippen LogP contribution in [0.15, 0.2) is 77.0 Å². The summed E-state index contributed by atoms with van der Waals surface area (Å²) < 4.78 is 29.4. The third kappa shape index (κ3) is 2.78. The molecule has 0 aliphatic carbocycles. The Morgan fingerprint density at radius 1 is 0.931 bits per heavy atom.